The molecule has 0 spiro atoms. The highest BCUT2D eigenvalue weighted by Gasteiger charge is 2.44. The molecule has 30 heavy (non-hydrogen) atoms. The number of hydrogen-bond donors (Lipinski definition) is 0. The lowest BCUT2D eigenvalue weighted by atomic mass is 10.0. The van der Waals surface area contributed by atoms with Gasteiger partial charge in [-0.3, -0.25) is 0 Å². The average Bonchev–Trinajstić information content (AvgIpc) is 2.72. The van der Waals surface area contributed by atoms with Crippen molar-refractivity contribution in [2.45, 2.75) is 82.6 Å². The summed E-state index contributed by atoms with van der Waals surface area (Å²) in [7, 11) is -0.0648. The van der Waals surface area contributed by atoms with E-state index >= 15 is 0 Å². The van der Waals surface area contributed by atoms with Gasteiger partial charge < -0.3 is 28.1 Å². The number of benzene rings is 1. The Morgan fingerprint density at radius 2 is 1.77 bits per heavy atom. The lowest BCUT2D eigenvalue weighted by Crippen LogP contribution is -2.54. The summed E-state index contributed by atoms with van der Waals surface area (Å²) in [5.74, 6) is 0. The van der Waals surface area contributed by atoms with Gasteiger partial charge in [0.25, 0.3) is 0 Å². The Labute approximate surface area is 182 Å². The monoisotopic (exact) mass is 438 g/mol. The molecule has 0 aromatic heterocycles. The zero-order chi connectivity index (χ0) is 21.8. The minimum Gasteiger partial charge on any atom is -0.417 e. The number of rotatable bonds is 8. The van der Waals surface area contributed by atoms with Crippen molar-refractivity contribution in [3.63, 3.8) is 0 Å². The molecular weight excluding hydrogens is 400 g/mol. The molecule has 2 saturated heterocycles. The van der Waals surface area contributed by atoms with Crippen LogP contribution in [0.5, 0.6) is 0 Å². The van der Waals surface area contributed by atoms with Gasteiger partial charge in [0.2, 0.25) is 0 Å². The summed E-state index contributed by atoms with van der Waals surface area (Å²) >= 11 is 0. The van der Waals surface area contributed by atoms with E-state index in [0.717, 1.165) is 18.4 Å². The van der Waals surface area contributed by atoms with Crippen LogP contribution >= 0.6 is 0 Å². The molecule has 1 aromatic rings. The number of hydrogen-bond acceptors (Lipinski definition) is 6. The Bertz CT molecular complexity index is 647. The summed E-state index contributed by atoms with van der Waals surface area (Å²) in [6.45, 7) is 13.1. The molecule has 0 radical (unpaired) electrons. The van der Waals surface area contributed by atoms with Crippen molar-refractivity contribution in [2.75, 3.05) is 26.9 Å². The molecule has 3 rings (SSSR count). The van der Waals surface area contributed by atoms with Gasteiger partial charge in [-0.05, 0) is 24.6 Å². The SMILES string of the molecule is CO[C@H]1O[C@@H]2COC(c3ccccc3)O[C@H]2C[C@H]1OCCCO[Si](C)(C)C(C)(C)C. The molecule has 0 aliphatic carbocycles. The molecule has 2 fully saturated rings. The van der Waals surface area contributed by atoms with Crippen molar-refractivity contribution in [1.29, 1.82) is 0 Å². The Balaban J connectivity index is 1.48. The normalized spacial score (nSPS) is 30.1. The molecule has 2 aliphatic heterocycles. The first-order chi connectivity index (χ1) is 14.2. The first-order valence-electron chi connectivity index (χ1n) is 11.0. The Hall–Kier alpha value is -0.803. The van der Waals surface area contributed by atoms with Gasteiger partial charge >= 0.3 is 0 Å². The molecule has 1 aromatic carbocycles. The van der Waals surface area contributed by atoms with E-state index in [1.807, 2.05) is 30.3 Å². The molecule has 0 bridgehead atoms. The molecular formula is C23H38O6Si. The first-order valence-corrected chi connectivity index (χ1v) is 13.9. The predicted molar refractivity (Wildman–Crippen MR) is 118 cm³/mol. The summed E-state index contributed by atoms with van der Waals surface area (Å²) in [6.07, 6.45) is 0.407. The van der Waals surface area contributed by atoms with E-state index in [0.29, 0.717) is 19.8 Å². The van der Waals surface area contributed by atoms with Gasteiger partial charge in [-0.15, -0.1) is 0 Å². The standard InChI is InChI=1S/C23H38O6Si/c1-23(2,3)30(5,6)27-14-10-13-25-19-15-18-20(29-22(19)24-4)16-26-21(28-18)17-11-8-7-9-12-17/h7-9,11-12,18-22H,10,13-16H2,1-6H3/t18-,19+,20+,21?,22-/m0/s1. The lowest BCUT2D eigenvalue weighted by molar-refractivity contribution is -0.337. The third kappa shape index (κ3) is 5.91. The molecule has 0 saturated carbocycles. The molecule has 0 N–H and O–H groups in total. The van der Waals surface area contributed by atoms with E-state index < -0.39 is 14.6 Å². The summed E-state index contributed by atoms with van der Waals surface area (Å²) in [6, 6.07) is 10.0. The van der Waals surface area contributed by atoms with Gasteiger partial charge in [0.05, 0.1) is 12.7 Å². The highest BCUT2D eigenvalue weighted by molar-refractivity contribution is 6.74. The van der Waals surface area contributed by atoms with Crippen LogP contribution in [-0.2, 0) is 28.1 Å². The second-order valence-corrected chi connectivity index (χ2v) is 14.4. The van der Waals surface area contributed by atoms with E-state index in [9.17, 15) is 0 Å². The second-order valence-electron chi connectivity index (χ2n) is 9.64. The minimum atomic E-state index is -1.72. The highest BCUT2D eigenvalue weighted by atomic mass is 28.4. The molecule has 1 unspecified atom stereocenters. The van der Waals surface area contributed by atoms with E-state index in [2.05, 4.69) is 33.9 Å². The van der Waals surface area contributed by atoms with E-state index in [1.165, 1.54) is 0 Å². The molecule has 7 heteroatoms. The van der Waals surface area contributed by atoms with E-state index in [-0.39, 0.29) is 29.6 Å². The van der Waals surface area contributed by atoms with Crippen LogP contribution in [0.15, 0.2) is 30.3 Å². The van der Waals surface area contributed by atoms with Gasteiger partial charge in [-0.25, -0.2) is 0 Å². The zero-order valence-electron chi connectivity index (χ0n) is 19.3. The van der Waals surface area contributed by atoms with E-state index in [1.54, 1.807) is 7.11 Å². The topological polar surface area (TPSA) is 55.4 Å². The van der Waals surface area contributed by atoms with Gasteiger partial charge in [-0.1, -0.05) is 51.1 Å². The zero-order valence-corrected chi connectivity index (χ0v) is 20.3. The van der Waals surface area contributed by atoms with Crippen LogP contribution in [-0.4, -0.2) is 59.8 Å². The van der Waals surface area contributed by atoms with Crippen LogP contribution in [0.1, 0.15) is 45.5 Å². The lowest BCUT2D eigenvalue weighted by Gasteiger charge is -2.44. The Kier molecular flexibility index (Phi) is 8.12. The second kappa shape index (κ2) is 10.2. The summed E-state index contributed by atoms with van der Waals surface area (Å²) in [5, 5.41) is 0.219. The van der Waals surface area contributed by atoms with Gasteiger partial charge in [0, 0.05) is 32.3 Å². The Morgan fingerprint density at radius 3 is 2.43 bits per heavy atom. The molecule has 170 valence electrons. The van der Waals surface area contributed by atoms with Crippen LogP contribution in [0.2, 0.25) is 18.1 Å². The predicted octanol–water partition coefficient (Wildman–Crippen LogP) is 4.66. The van der Waals surface area contributed by atoms with Crippen molar-refractivity contribution < 1.29 is 28.1 Å². The largest absolute Gasteiger partial charge is 0.417 e. The van der Waals surface area contributed by atoms with Crippen molar-refractivity contribution in [3.05, 3.63) is 35.9 Å². The molecule has 0 amide bonds. The molecule has 2 heterocycles. The van der Waals surface area contributed by atoms with Crippen molar-refractivity contribution in [1.82, 2.24) is 0 Å². The fraction of sp³-hybridized carbons (Fsp3) is 0.739. The van der Waals surface area contributed by atoms with Crippen LogP contribution in [0.3, 0.4) is 0 Å². The smallest absolute Gasteiger partial charge is 0.191 e. The fourth-order valence-corrected chi connectivity index (χ4v) is 4.57. The number of fused-ring (bicyclic) bond motifs is 1. The summed E-state index contributed by atoms with van der Waals surface area (Å²) in [4.78, 5) is 0. The van der Waals surface area contributed by atoms with Crippen LogP contribution in [0, 0.1) is 0 Å². The van der Waals surface area contributed by atoms with Gasteiger partial charge in [0.1, 0.15) is 12.2 Å². The summed E-state index contributed by atoms with van der Waals surface area (Å²) in [5.41, 5.74) is 1.02. The quantitative estimate of drug-likeness (QED) is 0.435. The highest BCUT2D eigenvalue weighted by Crippen LogP contribution is 2.37. The van der Waals surface area contributed by atoms with Gasteiger partial charge in [0.15, 0.2) is 20.9 Å². The summed E-state index contributed by atoms with van der Waals surface area (Å²) < 4.78 is 36.1. The average molecular weight is 439 g/mol. The van der Waals surface area contributed by atoms with Crippen LogP contribution in [0.4, 0.5) is 0 Å². The number of ether oxygens (including phenoxy) is 5. The molecule has 2 aliphatic rings. The maximum absolute atomic E-state index is 6.24. The molecule has 6 nitrogen and oxygen atoms in total. The van der Waals surface area contributed by atoms with Crippen LogP contribution in [0.25, 0.3) is 0 Å². The fourth-order valence-electron chi connectivity index (χ4n) is 3.49. The van der Waals surface area contributed by atoms with E-state index in [4.69, 9.17) is 28.1 Å². The molecule has 5 atom stereocenters. The number of methoxy groups -OCH3 is 1. The minimum absolute atomic E-state index is 0.0798. The first kappa shape index (κ1) is 23.9. The third-order valence-corrected chi connectivity index (χ3v) is 10.9. The third-order valence-electron chi connectivity index (χ3n) is 6.40. The van der Waals surface area contributed by atoms with Crippen molar-refractivity contribution in [3.8, 4) is 0 Å². The van der Waals surface area contributed by atoms with Crippen molar-refractivity contribution in [2.24, 2.45) is 0 Å². The maximum atomic E-state index is 6.24. The van der Waals surface area contributed by atoms with Crippen molar-refractivity contribution >= 4 is 8.32 Å². The van der Waals surface area contributed by atoms with Crippen LogP contribution < -0.4 is 0 Å². The Morgan fingerprint density at radius 1 is 1.03 bits per heavy atom. The van der Waals surface area contributed by atoms with Gasteiger partial charge in [-0.2, -0.15) is 0 Å². The maximum Gasteiger partial charge on any atom is 0.191 e.